The number of rotatable bonds is 2. The number of aromatic nitrogens is 4. The second-order valence-corrected chi connectivity index (χ2v) is 8.40. The van der Waals surface area contributed by atoms with Crippen molar-refractivity contribution in [1.29, 1.82) is 0 Å². The molecule has 1 saturated heterocycles. The van der Waals surface area contributed by atoms with Crippen LogP contribution in [0.15, 0.2) is 67.1 Å². The fourth-order valence-electron chi connectivity index (χ4n) is 4.90. The van der Waals surface area contributed by atoms with E-state index in [2.05, 4.69) is 28.3 Å². The molecular weight excluding hydrogens is 402 g/mol. The first-order chi connectivity index (χ1) is 15.7. The normalized spacial score (nSPS) is 17.4. The lowest BCUT2D eigenvalue weighted by molar-refractivity contribution is -0.0963. The average Bonchev–Trinajstić information content (AvgIpc) is 3.31. The van der Waals surface area contributed by atoms with Gasteiger partial charge in [0.1, 0.15) is 11.1 Å². The van der Waals surface area contributed by atoms with E-state index < -0.39 is 5.60 Å². The summed E-state index contributed by atoms with van der Waals surface area (Å²) in [5.74, 6) is -0.00296. The number of hydrogen-bond acceptors (Lipinski definition) is 5. The van der Waals surface area contributed by atoms with Gasteiger partial charge in [0.25, 0.3) is 5.91 Å². The largest absolute Gasteiger partial charge is 0.368 e. The molecule has 0 aliphatic carbocycles. The van der Waals surface area contributed by atoms with E-state index in [1.807, 2.05) is 46.0 Å². The van der Waals surface area contributed by atoms with Gasteiger partial charge in [-0.25, -0.2) is 4.68 Å². The number of carbonyl (C=O) groups is 1. The van der Waals surface area contributed by atoms with Gasteiger partial charge in [0, 0.05) is 31.7 Å². The Hall–Kier alpha value is -3.58. The second kappa shape index (κ2) is 7.53. The summed E-state index contributed by atoms with van der Waals surface area (Å²) in [6.45, 7) is 1.92. The molecule has 2 aliphatic heterocycles. The molecule has 0 radical (unpaired) electrons. The molecule has 7 heteroatoms. The molecule has 7 nitrogen and oxygen atoms in total. The zero-order chi connectivity index (χ0) is 21.5. The zero-order valence-corrected chi connectivity index (χ0v) is 17.6. The van der Waals surface area contributed by atoms with Crippen LogP contribution in [0.1, 0.15) is 34.5 Å². The number of amides is 1. The van der Waals surface area contributed by atoms with Gasteiger partial charge in [-0.3, -0.25) is 14.8 Å². The Bertz CT molecular complexity index is 1290. The van der Waals surface area contributed by atoms with Crippen LogP contribution in [0.5, 0.6) is 0 Å². The van der Waals surface area contributed by atoms with Gasteiger partial charge in [-0.05, 0) is 49.1 Å². The van der Waals surface area contributed by atoms with Crippen LogP contribution < -0.4 is 0 Å². The summed E-state index contributed by atoms with van der Waals surface area (Å²) in [6.07, 6.45) is 7.73. The molecule has 160 valence electrons. The molecule has 1 amide bonds. The molecule has 1 spiro atoms. The first-order valence-electron chi connectivity index (χ1n) is 11.0. The van der Waals surface area contributed by atoms with Crippen molar-refractivity contribution in [2.75, 3.05) is 19.7 Å². The van der Waals surface area contributed by atoms with Crippen molar-refractivity contribution in [3.05, 3.63) is 83.9 Å². The number of nitrogens with zero attached hydrogens (tertiary/aromatic N) is 5. The highest BCUT2D eigenvalue weighted by Gasteiger charge is 2.44. The molecule has 1 fully saturated rings. The van der Waals surface area contributed by atoms with E-state index in [0.29, 0.717) is 30.8 Å². The Morgan fingerprint density at radius 1 is 0.969 bits per heavy atom. The fraction of sp³-hybridized carbons (Fsp3) is 0.280. The summed E-state index contributed by atoms with van der Waals surface area (Å²) < 4.78 is 8.30. The summed E-state index contributed by atoms with van der Waals surface area (Å²) in [5, 5.41) is 4.94. The Morgan fingerprint density at radius 2 is 1.78 bits per heavy atom. The Morgan fingerprint density at radius 3 is 2.62 bits per heavy atom. The maximum atomic E-state index is 13.3. The van der Waals surface area contributed by atoms with E-state index in [-0.39, 0.29) is 5.91 Å². The summed E-state index contributed by atoms with van der Waals surface area (Å²) in [5.41, 5.74) is 4.87. The highest BCUT2D eigenvalue weighted by molar-refractivity contribution is 6.04. The second-order valence-electron chi connectivity index (χ2n) is 8.40. The van der Waals surface area contributed by atoms with E-state index >= 15 is 0 Å². The molecule has 0 bridgehead atoms. The van der Waals surface area contributed by atoms with Crippen LogP contribution in [0, 0.1) is 0 Å². The van der Waals surface area contributed by atoms with E-state index in [1.54, 1.807) is 12.4 Å². The van der Waals surface area contributed by atoms with Crippen molar-refractivity contribution in [2.45, 2.75) is 24.9 Å². The molecule has 6 rings (SSSR count). The lowest BCUT2D eigenvalue weighted by Crippen LogP contribution is -2.48. The standard InChI is InChI=1S/C25H23N5O2/c31-24(20-7-4-8-21-22(20)27-13-12-26-21)29-14-10-25(11-15-29)23-18(9-16-32-25)17-30(28-23)19-5-2-1-3-6-19/h1-8,12-13,17H,9-11,14-16H2. The number of piperidine rings is 1. The van der Waals surface area contributed by atoms with E-state index in [9.17, 15) is 4.79 Å². The third-order valence-corrected chi connectivity index (χ3v) is 6.58. The minimum Gasteiger partial charge on any atom is -0.368 e. The number of benzene rings is 2. The molecule has 2 aromatic heterocycles. The number of ether oxygens (including phenoxy) is 1. The van der Waals surface area contributed by atoms with Crippen molar-refractivity contribution in [3.8, 4) is 5.69 Å². The SMILES string of the molecule is O=C(c1cccc2nccnc12)N1CCC2(CC1)OCCc1cn(-c3ccccc3)nc12. The molecular formula is C25H23N5O2. The van der Waals surface area contributed by atoms with Crippen molar-refractivity contribution < 1.29 is 9.53 Å². The van der Waals surface area contributed by atoms with Crippen molar-refractivity contribution in [2.24, 2.45) is 0 Å². The van der Waals surface area contributed by atoms with Gasteiger partial charge >= 0.3 is 0 Å². The highest BCUT2D eigenvalue weighted by atomic mass is 16.5. The monoisotopic (exact) mass is 425 g/mol. The smallest absolute Gasteiger partial charge is 0.256 e. The predicted molar refractivity (Wildman–Crippen MR) is 120 cm³/mol. The third kappa shape index (κ3) is 3.08. The van der Waals surface area contributed by atoms with Crippen molar-refractivity contribution in [1.82, 2.24) is 24.6 Å². The van der Waals surface area contributed by atoms with Crippen molar-refractivity contribution >= 4 is 16.9 Å². The number of carbonyl (C=O) groups excluding carboxylic acids is 1. The van der Waals surface area contributed by atoms with Gasteiger partial charge in [0.05, 0.1) is 29.1 Å². The maximum Gasteiger partial charge on any atom is 0.256 e. The first kappa shape index (κ1) is 19.1. The summed E-state index contributed by atoms with van der Waals surface area (Å²) >= 11 is 0. The topological polar surface area (TPSA) is 73.1 Å². The van der Waals surface area contributed by atoms with Gasteiger partial charge < -0.3 is 9.64 Å². The van der Waals surface area contributed by atoms with Gasteiger partial charge in [0.2, 0.25) is 0 Å². The lowest BCUT2D eigenvalue weighted by atomic mass is 9.83. The maximum absolute atomic E-state index is 13.3. The van der Waals surface area contributed by atoms with E-state index in [1.165, 1.54) is 5.56 Å². The van der Waals surface area contributed by atoms with Crippen LogP contribution in [0.25, 0.3) is 16.7 Å². The van der Waals surface area contributed by atoms with Crippen LogP contribution in [-0.4, -0.2) is 50.3 Å². The summed E-state index contributed by atoms with van der Waals surface area (Å²) in [6, 6.07) is 15.7. The Balaban J connectivity index is 1.26. The first-order valence-corrected chi connectivity index (χ1v) is 11.0. The van der Waals surface area contributed by atoms with Gasteiger partial charge in [-0.2, -0.15) is 5.10 Å². The summed E-state index contributed by atoms with van der Waals surface area (Å²) in [7, 11) is 0. The van der Waals surface area contributed by atoms with Gasteiger partial charge in [-0.15, -0.1) is 0 Å². The average molecular weight is 425 g/mol. The van der Waals surface area contributed by atoms with Crippen molar-refractivity contribution in [3.63, 3.8) is 0 Å². The van der Waals surface area contributed by atoms with Crippen LogP contribution in [-0.2, 0) is 16.8 Å². The Kier molecular flexibility index (Phi) is 4.50. The van der Waals surface area contributed by atoms with E-state index in [0.717, 1.165) is 36.2 Å². The van der Waals surface area contributed by atoms with E-state index in [4.69, 9.17) is 9.84 Å². The third-order valence-electron chi connectivity index (χ3n) is 6.58. The molecule has 0 unspecified atom stereocenters. The zero-order valence-electron chi connectivity index (χ0n) is 17.6. The van der Waals surface area contributed by atoms with Crippen LogP contribution in [0.4, 0.5) is 0 Å². The summed E-state index contributed by atoms with van der Waals surface area (Å²) in [4.78, 5) is 23.9. The molecule has 2 aliphatic rings. The van der Waals surface area contributed by atoms with Gasteiger partial charge in [-0.1, -0.05) is 24.3 Å². The number of para-hydroxylation sites is 2. The molecule has 32 heavy (non-hydrogen) atoms. The molecule has 0 atom stereocenters. The van der Waals surface area contributed by atoms with Crippen LogP contribution in [0.2, 0.25) is 0 Å². The minimum absolute atomic E-state index is 0.00296. The van der Waals surface area contributed by atoms with Gasteiger partial charge in [0.15, 0.2) is 0 Å². The van der Waals surface area contributed by atoms with Crippen LogP contribution in [0.3, 0.4) is 0 Å². The fourth-order valence-corrected chi connectivity index (χ4v) is 4.90. The lowest BCUT2D eigenvalue weighted by Gasteiger charge is -2.43. The predicted octanol–water partition coefficient (Wildman–Crippen LogP) is 3.52. The molecule has 2 aromatic carbocycles. The van der Waals surface area contributed by atoms with Crippen LogP contribution >= 0.6 is 0 Å². The molecule has 4 heterocycles. The molecule has 0 saturated carbocycles. The number of likely N-dealkylation sites (tertiary alicyclic amines) is 1. The highest BCUT2D eigenvalue weighted by Crippen LogP contribution is 2.41. The molecule has 4 aromatic rings. The number of fused-ring (bicyclic) bond motifs is 3. The Labute approximate surface area is 185 Å². The molecule has 0 N–H and O–H groups in total. The minimum atomic E-state index is -0.428. The quantitative estimate of drug-likeness (QED) is 0.491. The number of hydrogen-bond donors (Lipinski definition) is 0.